The first-order valence-corrected chi connectivity index (χ1v) is 10.1. The van der Waals surface area contributed by atoms with Gasteiger partial charge in [0, 0.05) is 18.1 Å². The molecule has 0 aliphatic rings. The minimum absolute atomic E-state index is 0.0925. The van der Waals surface area contributed by atoms with Gasteiger partial charge in [-0.2, -0.15) is 0 Å². The van der Waals surface area contributed by atoms with Gasteiger partial charge < -0.3 is 4.74 Å². The SMILES string of the molecule is CC(=O)c1sc(NC(=O)c2cccc(Oc3ccccc3)c2)nc1-c1ccccc1. The first-order chi connectivity index (χ1) is 14.6. The van der Waals surface area contributed by atoms with E-state index in [1.807, 2.05) is 60.7 Å². The quantitative estimate of drug-likeness (QED) is 0.390. The Bertz CT molecular complexity index is 1190. The average molecular weight is 414 g/mol. The summed E-state index contributed by atoms with van der Waals surface area (Å²) < 4.78 is 5.79. The van der Waals surface area contributed by atoms with Gasteiger partial charge in [-0.05, 0) is 30.3 Å². The molecule has 0 radical (unpaired) electrons. The number of aromatic nitrogens is 1. The van der Waals surface area contributed by atoms with Crippen LogP contribution in [0.5, 0.6) is 11.5 Å². The second-order valence-corrected chi connectivity index (χ2v) is 7.52. The number of nitrogens with zero attached hydrogens (tertiary/aromatic N) is 1. The number of hydrogen-bond acceptors (Lipinski definition) is 5. The Morgan fingerprint density at radius 2 is 1.53 bits per heavy atom. The molecule has 4 rings (SSSR count). The molecule has 3 aromatic carbocycles. The molecule has 0 bridgehead atoms. The third kappa shape index (κ3) is 4.45. The number of ether oxygens (including phenoxy) is 1. The number of benzene rings is 3. The van der Waals surface area contributed by atoms with E-state index >= 15 is 0 Å². The second-order valence-electron chi connectivity index (χ2n) is 6.52. The molecular formula is C24H18N2O3S. The molecule has 0 spiro atoms. The van der Waals surface area contributed by atoms with Gasteiger partial charge in [0.2, 0.25) is 0 Å². The third-order valence-electron chi connectivity index (χ3n) is 4.29. The van der Waals surface area contributed by atoms with E-state index in [2.05, 4.69) is 10.3 Å². The number of carbonyl (C=O) groups is 2. The largest absolute Gasteiger partial charge is 0.457 e. The Balaban J connectivity index is 1.56. The van der Waals surface area contributed by atoms with Crippen LogP contribution in [0.4, 0.5) is 5.13 Å². The highest BCUT2D eigenvalue weighted by molar-refractivity contribution is 7.18. The summed E-state index contributed by atoms with van der Waals surface area (Å²) >= 11 is 1.17. The molecule has 1 N–H and O–H groups in total. The Kier molecular flexibility index (Phi) is 5.68. The Hall–Kier alpha value is -3.77. The topological polar surface area (TPSA) is 68.3 Å². The highest BCUT2D eigenvalue weighted by Gasteiger charge is 2.18. The number of ketones is 1. The van der Waals surface area contributed by atoms with Crippen molar-refractivity contribution in [1.29, 1.82) is 0 Å². The fourth-order valence-corrected chi connectivity index (χ4v) is 3.78. The standard InChI is InChI=1S/C24H18N2O3S/c1-16(27)22-21(17-9-4-2-5-10-17)25-24(30-22)26-23(28)18-11-8-14-20(15-18)29-19-12-6-3-7-13-19/h2-15H,1H3,(H,25,26,28). The number of hydrogen-bond donors (Lipinski definition) is 1. The molecule has 0 aliphatic heterocycles. The minimum Gasteiger partial charge on any atom is -0.457 e. The van der Waals surface area contributed by atoms with Gasteiger partial charge >= 0.3 is 0 Å². The van der Waals surface area contributed by atoms with Crippen molar-refractivity contribution in [3.63, 3.8) is 0 Å². The molecular weight excluding hydrogens is 396 g/mol. The van der Waals surface area contributed by atoms with Crippen molar-refractivity contribution in [3.05, 3.63) is 95.4 Å². The summed E-state index contributed by atoms with van der Waals surface area (Å²) in [7, 11) is 0. The molecule has 5 nitrogen and oxygen atoms in total. The lowest BCUT2D eigenvalue weighted by Gasteiger charge is -2.07. The van der Waals surface area contributed by atoms with Crippen LogP contribution in [0.1, 0.15) is 27.0 Å². The van der Waals surface area contributed by atoms with E-state index in [9.17, 15) is 9.59 Å². The van der Waals surface area contributed by atoms with Crippen LogP contribution < -0.4 is 10.1 Å². The summed E-state index contributed by atoms with van der Waals surface area (Å²) in [4.78, 5) is 29.8. The van der Waals surface area contributed by atoms with E-state index in [1.54, 1.807) is 24.3 Å². The Labute approximate surface area is 178 Å². The zero-order valence-corrected chi connectivity index (χ0v) is 17.0. The maximum atomic E-state index is 12.8. The molecule has 1 amide bonds. The third-order valence-corrected chi connectivity index (χ3v) is 5.36. The van der Waals surface area contributed by atoms with Crippen LogP contribution >= 0.6 is 11.3 Å². The van der Waals surface area contributed by atoms with Gasteiger partial charge in [0.1, 0.15) is 11.5 Å². The molecule has 0 saturated carbocycles. The highest BCUT2D eigenvalue weighted by Crippen LogP contribution is 2.32. The van der Waals surface area contributed by atoms with E-state index in [0.717, 1.165) is 5.56 Å². The molecule has 6 heteroatoms. The zero-order chi connectivity index (χ0) is 20.9. The van der Waals surface area contributed by atoms with Crippen molar-refractivity contribution in [2.75, 3.05) is 5.32 Å². The maximum Gasteiger partial charge on any atom is 0.257 e. The summed E-state index contributed by atoms with van der Waals surface area (Å²) in [5.74, 6) is 0.832. The monoisotopic (exact) mass is 414 g/mol. The van der Waals surface area contributed by atoms with Crippen LogP contribution in [0.3, 0.4) is 0 Å². The van der Waals surface area contributed by atoms with Crippen LogP contribution in [0.25, 0.3) is 11.3 Å². The lowest BCUT2D eigenvalue weighted by atomic mass is 10.1. The van der Waals surface area contributed by atoms with Gasteiger partial charge in [0.05, 0.1) is 10.6 Å². The summed E-state index contributed by atoms with van der Waals surface area (Å²) in [5.41, 5.74) is 1.84. The van der Waals surface area contributed by atoms with Gasteiger partial charge in [-0.15, -0.1) is 0 Å². The highest BCUT2D eigenvalue weighted by atomic mass is 32.1. The summed E-state index contributed by atoms with van der Waals surface area (Å²) in [6, 6.07) is 25.7. The lowest BCUT2D eigenvalue weighted by molar-refractivity contribution is 0.101. The molecule has 0 saturated heterocycles. The number of thiazole rings is 1. The van der Waals surface area contributed by atoms with E-state index in [1.165, 1.54) is 18.3 Å². The molecule has 0 atom stereocenters. The van der Waals surface area contributed by atoms with E-state index in [-0.39, 0.29) is 11.7 Å². The smallest absolute Gasteiger partial charge is 0.257 e. The van der Waals surface area contributed by atoms with E-state index < -0.39 is 0 Å². The van der Waals surface area contributed by atoms with Crippen LogP contribution in [-0.2, 0) is 0 Å². The van der Waals surface area contributed by atoms with Crippen molar-refractivity contribution in [3.8, 4) is 22.8 Å². The number of Topliss-reactive ketones (excluding diaryl/α,β-unsaturated/α-hetero) is 1. The molecule has 30 heavy (non-hydrogen) atoms. The lowest BCUT2D eigenvalue weighted by Crippen LogP contribution is -2.11. The normalized spacial score (nSPS) is 10.4. The minimum atomic E-state index is -0.322. The van der Waals surface area contributed by atoms with Crippen LogP contribution in [0, 0.1) is 0 Å². The number of rotatable bonds is 6. The van der Waals surface area contributed by atoms with Gasteiger partial charge in [0.15, 0.2) is 10.9 Å². The zero-order valence-electron chi connectivity index (χ0n) is 16.2. The summed E-state index contributed by atoms with van der Waals surface area (Å²) in [5, 5.41) is 3.17. The molecule has 0 unspecified atom stereocenters. The Morgan fingerprint density at radius 3 is 2.23 bits per heavy atom. The fraction of sp³-hybridized carbons (Fsp3) is 0.0417. The Morgan fingerprint density at radius 1 is 0.867 bits per heavy atom. The van der Waals surface area contributed by atoms with Gasteiger partial charge in [-0.3, -0.25) is 14.9 Å². The van der Waals surface area contributed by atoms with Crippen LogP contribution in [-0.4, -0.2) is 16.7 Å². The predicted molar refractivity (Wildman–Crippen MR) is 118 cm³/mol. The predicted octanol–water partition coefficient (Wildman–Crippen LogP) is 6.06. The van der Waals surface area contributed by atoms with Gasteiger partial charge in [-0.1, -0.05) is 65.9 Å². The van der Waals surface area contributed by atoms with Crippen molar-refractivity contribution in [2.45, 2.75) is 6.92 Å². The first-order valence-electron chi connectivity index (χ1n) is 9.31. The number of anilines is 1. The van der Waals surface area contributed by atoms with Crippen LogP contribution in [0.2, 0.25) is 0 Å². The number of carbonyl (C=O) groups excluding carboxylic acids is 2. The molecule has 4 aromatic rings. The number of nitrogens with one attached hydrogen (secondary N) is 1. The van der Waals surface area contributed by atoms with Crippen molar-refractivity contribution < 1.29 is 14.3 Å². The molecule has 1 heterocycles. The first kappa shape index (κ1) is 19.5. The van der Waals surface area contributed by atoms with E-state index in [4.69, 9.17) is 4.74 Å². The van der Waals surface area contributed by atoms with Gasteiger partial charge in [-0.25, -0.2) is 4.98 Å². The fourth-order valence-electron chi connectivity index (χ4n) is 2.90. The maximum absolute atomic E-state index is 12.8. The number of amides is 1. The van der Waals surface area contributed by atoms with E-state index in [0.29, 0.717) is 32.8 Å². The number of para-hydroxylation sites is 1. The molecule has 0 fully saturated rings. The second kappa shape index (κ2) is 8.71. The van der Waals surface area contributed by atoms with Gasteiger partial charge in [0.25, 0.3) is 5.91 Å². The summed E-state index contributed by atoms with van der Waals surface area (Å²) in [6.07, 6.45) is 0. The molecule has 0 aliphatic carbocycles. The van der Waals surface area contributed by atoms with Crippen molar-refractivity contribution in [2.24, 2.45) is 0 Å². The van der Waals surface area contributed by atoms with Crippen molar-refractivity contribution >= 4 is 28.2 Å². The van der Waals surface area contributed by atoms with Crippen molar-refractivity contribution in [1.82, 2.24) is 4.98 Å². The molecule has 1 aromatic heterocycles. The molecule has 148 valence electrons. The average Bonchev–Trinajstić information content (AvgIpc) is 3.19. The van der Waals surface area contributed by atoms with Crippen LogP contribution in [0.15, 0.2) is 84.9 Å². The summed E-state index contributed by atoms with van der Waals surface area (Å²) in [6.45, 7) is 1.50.